The Balaban J connectivity index is 3.04. The minimum atomic E-state index is -0.304. The second kappa shape index (κ2) is 4.09. The number of anilines is 1. The van der Waals surface area contributed by atoms with E-state index in [1.807, 2.05) is 0 Å². The molecule has 13 heavy (non-hydrogen) atoms. The molecule has 4 nitrogen and oxygen atoms in total. The largest absolute Gasteiger partial charge is 0.392 e. The van der Waals surface area contributed by atoms with Gasteiger partial charge in [-0.15, -0.1) is 6.58 Å². The quantitative estimate of drug-likeness (QED) is 0.585. The molecule has 0 aliphatic carbocycles. The molecule has 0 spiro atoms. The van der Waals surface area contributed by atoms with Crippen LogP contribution in [0.1, 0.15) is 6.42 Å². The highest BCUT2D eigenvalue weighted by Crippen LogP contribution is 2.07. The van der Waals surface area contributed by atoms with Gasteiger partial charge in [0, 0.05) is 6.54 Å². The van der Waals surface area contributed by atoms with Gasteiger partial charge in [-0.25, -0.2) is 4.98 Å². The summed E-state index contributed by atoms with van der Waals surface area (Å²) in [5, 5.41) is 0.0554. The fourth-order valence-electron chi connectivity index (χ4n) is 0.875. The van der Waals surface area contributed by atoms with Crippen LogP contribution >= 0.6 is 11.6 Å². The number of aryl methyl sites for hydroxylation is 1. The fourth-order valence-corrected chi connectivity index (χ4v) is 0.999. The minimum absolute atomic E-state index is 0.00627. The number of nitrogens with two attached hydrogens (primary N) is 1. The van der Waals surface area contributed by atoms with Crippen molar-refractivity contribution in [2.24, 2.45) is 0 Å². The zero-order valence-electron chi connectivity index (χ0n) is 7.03. The van der Waals surface area contributed by atoms with Crippen LogP contribution in [-0.2, 0) is 6.54 Å². The summed E-state index contributed by atoms with van der Waals surface area (Å²) in [6, 6.07) is 0. The van der Waals surface area contributed by atoms with Gasteiger partial charge >= 0.3 is 0 Å². The van der Waals surface area contributed by atoms with Crippen LogP contribution in [0.3, 0.4) is 0 Å². The molecule has 0 aliphatic heterocycles. The van der Waals surface area contributed by atoms with Crippen molar-refractivity contribution in [3.05, 3.63) is 34.5 Å². The van der Waals surface area contributed by atoms with Crippen molar-refractivity contribution < 1.29 is 0 Å². The SMILES string of the molecule is C=CCCn1cnc(Cl)c(N)c1=O. The Labute approximate surface area is 80.7 Å². The molecule has 1 aromatic rings. The van der Waals surface area contributed by atoms with Gasteiger partial charge in [-0.2, -0.15) is 0 Å². The average molecular weight is 200 g/mol. The van der Waals surface area contributed by atoms with Crippen LogP contribution in [0.4, 0.5) is 5.69 Å². The normalized spacial score (nSPS) is 9.92. The second-order valence-corrected chi connectivity index (χ2v) is 2.88. The molecule has 2 N–H and O–H groups in total. The highest BCUT2D eigenvalue weighted by molar-refractivity contribution is 6.31. The Bertz CT molecular complexity index is 372. The third-order valence-corrected chi connectivity index (χ3v) is 1.90. The van der Waals surface area contributed by atoms with Gasteiger partial charge in [-0.3, -0.25) is 9.36 Å². The lowest BCUT2D eigenvalue weighted by molar-refractivity contribution is 0.668. The summed E-state index contributed by atoms with van der Waals surface area (Å²) in [5.74, 6) is 0. The molecule has 0 saturated carbocycles. The lowest BCUT2D eigenvalue weighted by atomic mass is 10.4. The van der Waals surface area contributed by atoms with Gasteiger partial charge in [0.2, 0.25) is 0 Å². The van der Waals surface area contributed by atoms with E-state index in [1.165, 1.54) is 10.9 Å². The standard InChI is InChI=1S/C8H10ClN3O/c1-2-3-4-12-5-11-7(9)6(10)8(12)13/h2,5H,1,3-4,10H2. The summed E-state index contributed by atoms with van der Waals surface area (Å²) in [7, 11) is 0. The van der Waals surface area contributed by atoms with Crippen LogP contribution in [0.25, 0.3) is 0 Å². The van der Waals surface area contributed by atoms with Gasteiger partial charge in [0.25, 0.3) is 5.56 Å². The molecule has 0 bridgehead atoms. The maximum atomic E-state index is 11.4. The monoisotopic (exact) mass is 199 g/mol. The first-order valence-electron chi connectivity index (χ1n) is 3.78. The molecular formula is C8H10ClN3O. The number of nitrogen functional groups attached to an aromatic ring is 1. The van der Waals surface area contributed by atoms with Crippen LogP contribution in [0.5, 0.6) is 0 Å². The number of nitrogens with zero attached hydrogens (tertiary/aromatic N) is 2. The molecule has 1 aromatic heterocycles. The van der Waals surface area contributed by atoms with E-state index in [-0.39, 0.29) is 16.4 Å². The summed E-state index contributed by atoms with van der Waals surface area (Å²) >= 11 is 5.55. The van der Waals surface area contributed by atoms with Crippen LogP contribution in [0.15, 0.2) is 23.8 Å². The Kier molecular flexibility index (Phi) is 3.08. The van der Waals surface area contributed by atoms with Gasteiger partial charge in [0.15, 0.2) is 5.15 Å². The van der Waals surface area contributed by atoms with Crippen LogP contribution < -0.4 is 11.3 Å². The summed E-state index contributed by atoms with van der Waals surface area (Å²) in [4.78, 5) is 15.1. The first kappa shape index (κ1) is 9.80. The van der Waals surface area contributed by atoms with E-state index in [4.69, 9.17) is 17.3 Å². The molecule has 0 aliphatic rings. The number of hydrogen-bond acceptors (Lipinski definition) is 3. The second-order valence-electron chi connectivity index (χ2n) is 2.52. The topological polar surface area (TPSA) is 60.9 Å². The molecule has 0 atom stereocenters. The number of hydrogen-bond donors (Lipinski definition) is 1. The fraction of sp³-hybridized carbons (Fsp3) is 0.250. The van der Waals surface area contributed by atoms with Crippen molar-refractivity contribution in [3.8, 4) is 0 Å². The molecule has 0 fully saturated rings. The van der Waals surface area contributed by atoms with Crippen molar-refractivity contribution in [1.29, 1.82) is 0 Å². The smallest absolute Gasteiger partial charge is 0.278 e. The summed E-state index contributed by atoms with van der Waals surface area (Å²) in [6.45, 7) is 4.08. The zero-order chi connectivity index (χ0) is 9.84. The van der Waals surface area contributed by atoms with E-state index >= 15 is 0 Å². The van der Waals surface area contributed by atoms with Crippen molar-refractivity contribution in [2.45, 2.75) is 13.0 Å². The highest BCUT2D eigenvalue weighted by Gasteiger charge is 2.04. The molecule has 0 saturated heterocycles. The molecule has 1 heterocycles. The summed E-state index contributed by atoms with van der Waals surface area (Å²) in [6.07, 6.45) is 3.80. The lowest BCUT2D eigenvalue weighted by Gasteiger charge is -2.03. The van der Waals surface area contributed by atoms with Crippen LogP contribution in [-0.4, -0.2) is 9.55 Å². The molecule has 0 unspecified atom stereocenters. The summed E-state index contributed by atoms with van der Waals surface area (Å²) < 4.78 is 1.41. The van der Waals surface area contributed by atoms with E-state index in [0.717, 1.165) is 0 Å². The molecule has 0 radical (unpaired) electrons. The minimum Gasteiger partial charge on any atom is -0.392 e. The van der Waals surface area contributed by atoms with Gasteiger partial charge in [0.05, 0.1) is 6.33 Å². The number of rotatable bonds is 3. The van der Waals surface area contributed by atoms with Crippen molar-refractivity contribution >= 4 is 17.3 Å². The average Bonchev–Trinajstić information content (AvgIpc) is 2.13. The van der Waals surface area contributed by atoms with Crippen LogP contribution in [0, 0.1) is 0 Å². The third-order valence-electron chi connectivity index (χ3n) is 1.60. The number of allylic oxidation sites excluding steroid dienone is 1. The molecule has 70 valence electrons. The predicted molar refractivity (Wildman–Crippen MR) is 52.7 cm³/mol. The van der Waals surface area contributed by atoms with E-state index in [9.17, 15) is 4.79 Å². The molecule has 5 heteroatoms. The maximum absolute atomic E-state index is 11.4. The first-order chi connectivity index (χ1) is 6.16. The molecule has 1 rings (SSSR count). The van der Waals surface area contributed by atoms with Crippen molar-refractivity contribution in [2.75, 3.05) is 5.73 Å². The molecule has 0 aromatic carbocycles. The van der Waals surface area contributed by atoms with E-state index < -0.39 is 0 Å². The Morgan fingerprint density at radius 2 is 2.46 bits per heavy atom. The Morgan fingerprint density at radius 3 is 3.08 bits per heavy atom. The van der Waals surface area contributed by atoms with Crippen LogP contribution in [0.2, 0.25) is 5.15 Å². The van der Waals surface area contributed by atoms with Gasteiger partial charge in [-0.1, -0.05) is 17.7 Å². The van der Waals surface area contributed by atoms with Crippen molar-refractivity contribution in [3.63, 3.8) is 0 Å². The molecule has 0 amide bonds. The maximum Gasteiger partial charge on any atom is 0.278 e. The first-order valence-corrected chi connectivity index (χ1v) is 4.16. The van der Waals surface area contributed by atoms with E-state index in [2.05, 4.69) is 11.6 Å². The number of halogens is 1. The Hall–Kier alpha value is -1.29. The van der Waals surface area contributed by atoms with E-state index in [0.29, 0.717) is 13.0 Å². The predicted octanol–water partition coefficient (Wildman–Crippen LogP) is 1.05. The van der Waals surface area contributed by atoms with E-state index in [1.54, 1.807) is 6.08 Å². The lowest BCUT2D eigenvalue weighted by Crippen LogP contribution is -2.23. The third kappa shape index (κ3) is 2.09. The highest BCUT2D eigenvalue weighted by atomic mass is 35.5. The zero-order valence-corrected chi connectivity index (χ0v) is 7.79. The van der Waals surface area contributed by atoms with Gasteiger partial charge in [0.1, 0.15) is 5.69 Å². The summed E-state index contributed by atoms with van der Waals surface area (Å²) in [5.41, 5.74) is 5.09. The van der Waals surface area contributed by atoms with Gasteiger partial charge < -0.3 is 5.73 Å². The van der Waals surface area contributed by atoms with Gasteiger partial charge in [-0.05, 0) is 6.42 Å². The Morgan fingerprint density at radius 1 is 1.77 bits per heavy atom. The van der Waals surface area contributed by atoms with Crippen molar-refractivity contribution in [1.82, 2.24) is 9.55 Å². The molecular weight excluding hydrogens is 190 g/mol. The number of aromatic nitrogens is 2.